The zero-order valence-corrected chi connectivity index (χ0v) is 12.0. The molecule has 0 aliphatic rings. The van der Waals surface area contributed by atoms with Gasteiger partial charge >= 0.3 is 0 Å². The normalized spacial score (nSPS) is 11.8. The summed E-state index contributed by atoms with van der Waals surface area (Å²) in [5.41, 5.74) is 2.72. The zero-order chi connectivity index (χ0) is 15.5. The Morgan fingerprint density at radius 3 is 2.86 bits per heavy atom. The van der Waals surface area contributed by atoms with Crippen molar-refractivity contribution in [1.29, 1.82) is 5.26 Å². The van der Waals surface area contributed by atoms with E-state index in [1.807, 2.05) is 37.3 Å². The van der Waals surface area contributed by atoms with Gasteiger partial charge in [-0.15, -0.1) is 0 Å². The van der Waals surface area contributed by atoms with Crippen molar-refractivity contribution in [2.75, 3.05) is 0 Å². The van der Waals surface area contributed by atoms with Crippen LogP contribution in [0.5, 0.6) is 0 Å². The number of carbonyl (C=O) groups is 1. The zero-order valence-electron chi connectivity index (χ0n) is 12.0. The lowest BCUT2D eigenvalue weighted by Crippen LogP contribution is -2.27. The van der Waals surface area contributed by atoms with Crippen molar-refractivity contribution >= 4 is 16.9 Å². The first-order chi connectivity index (χ1) is 10.7. The molecule has 1 heterocycles. The van der Waals surface area contributed by atoms with E-state index in [1.165, 1.54) is 0 Å². The Balaban J connectivity index is 1.79. The van der Waals surface area contributed by atoms with Gasteiger partial charge in [0.2, 0.25) is 0 Å². The second-order valence-corrected chi connectivity index (χ2v) is 5.03. The highest BCUT2D eigenvalue weighted by molar-refractivity contribution is 5.94. The number of para-hydroxylation sites is 2. The third-order valence-corrected chi connectivity index (χ3v) is 3.42. The summed E-state index contributed by atoms with van der Waals surface area (Å²) in [6.07, 6.45) is 0. The van der Waals surface area contributed by atoms with Gasteiger partial charge in [0.25, 0.3) is 5.91 Å². The number of nitriles is 1. The molecule has 1 aromatic heterocycles. The van der Waals surface area contributed by atoms with Crippen LogP contribution in [0.25, 0.3) is 11.0 Å². The number of fused-ring (bicyclic) bond motifs is 1. The number of carbonyl (C=O) groups excluding carboxylic acids is 1. The Labute approximate surface area is 127 Å². The van der Waals surface area contributed by atoms with Crippen molar-refractivity contribution in [2.45, 2.75) is 13.0 Å². The molecule has 0 fully saturated rings. The molecular weight excluding hydrogens is 276 g/mol. The largest absolute Gasteiger partial charge is 0.342 e. The SMILES string of the molecule is CC(NC(=O)c1cccc(C#N)c1)c1nc2ccccc2[nH]1. The van der Waals surface area contributed by atoms with E-state index in [4.69, 9.17) is 5.26 Å². The summed E-state index contributed by atoms with van der Waals surface area (Å²) in [5.74, 6) is 0.469. The van der Waals surface area contributed by atoms with Crippen molar-refractivity contribution in [3.05, 3.63) is 65.5 Å². The number of benzene rings is 2. The van der Waals surface area contributed by atoms with Crippen LogP contribution in [0, 0.1) is 11.3 Å². The molecule has 0 radical (unpaired) electrons. The fraction of sp³-hybridized carbons (Fsp3) is 0.118. The number of imidazole rings is 1. The monoisotopic (exact) mass is 290 g/mol. The van der Waals surface area contributed by atoms with Crippen molar-refractivity contribution in [3.8, 4) is 6.07 Å². The Hall–Kier alpha value is -3.13. The third kappa shape index (κ3) is 2.67. The lowest BCUT2D eigenvalue weighted by Gasteiger charge is -2.11. The van der Waals surface area contributed by atoms with Crippen LogP contribution in [0.4, 0.5) is 0 Å². The Morgan fingerprint density at radius 2 is 2.09 bits per heavy atom. The first kappa shape index (κ1) is 13.8. The van der Waals surface area contributed by atoms with Crippen LogP contribution in [-0.4, -0.2) is 15.9 Å². The average Bonchev–Trinajstić information content (AvgIpc) is 2.99. The Kier molecular flexibility index (Phi) is 3.58. The molecule has 1 unspecified atom stereocenters. The first-order valence-electron chi connectivity index (χ1n) is 6.93. The first-order valence-corrected chi connectivity index (χ1v) is 6.93. The summed E-state index contributed by atoms with van der Waals surface area (Å²) in [7, 11) is 0. The molecule has 0 aliphatic heterocycles. The second-order valence-electron chi connectivity index (χ2n) is 5.03. The molecule has 108 valence electrons. The number of nitrogens with one attached hydrogen (secondary N) is 2. The van der Waals surface area contributed by atoms with E-state index in [2.05, 4.69) is 15.3 Å². The minimum absolute atomic E-state index is 0.231. The van der Waals surface area contributed by atoms with Crippen LogP contribution in [0.3, 0.4) is 0 Å². The van der Waals surface area contributed by atoms with E-state index in [-0.39, 0.29) is 11.9 Å². The van der Waals surface area contributed by atoms with Gasteiger partial charge in [-0.1, -0.05) is 18.2 Å². The quantitative estimate of drug-likeness (QED) is 0.778. The molecule has 5 heteroatoms. The van der Waals surface area contributed by atoms with Crippen molar-refractivity contribution < 1.29 is 4.79 Å². The van der Waals surface area contributed by atoms with Crippen molar-refractivity contribution in [3.63, 3.8) is 0 Å². The lowest BCUT2D eigenvalue weighted by molar-refractivity contribution is 0.0938. The summed E-state index contributed by atoms with van der Waals surface area (Å²) >= 11 is 0. The molecule has 5 nitrogen and oxygen atoms in total. The number of rotatable bonds is 3. The highest BCUT2D eigenvalue weighted by atomic mass is 16.1. The summed E-state index contributed by atoms with van der Waals surface area (Å²) in [6.45, 7) is 1.86. The number of aromatic nitrogens is 2. The fourth-order valence-electron chi connectivity index (χ4n) is 2.26. The highest BCUT2D eigenvalue weighted by Gasteiger charge is 2.15. The number of hydrogen-bond donors (Lipinski definition) is 2. The van der Waals surface area contributed by atoms with Gasteiger partial charge in [0, 0.05) is 5.56 Å². The number of hydrogen-bond acceptors (Lipinski definition) is 3. The van der Waals surface area contributed by atoms with Gasteiger partial charge in [-0.2, -0.15) is 5.26 Å². The van der Waals surface area contributed by atoms with E-state index in [1.54, 1.807) is 24.3 Å². The topological polar surface area (TPSA) is 81.6 Å². The Morgan fingerprint density at radius 1 is 1.27 bits per heavy atom. The molecule has 0 saturated carbocycles. The van der Waals surface area contributed by atoms with E-state index in [0.717, 1.165) is 11.0 Å². The predicted molar refractivity (Wildman–Crippen MR) is 83.1 cm³/mol. The molecular formula is C17H14N4O. The predicted octanol–water partition coefficient (Wildman–Crippen LogP) is 2.93. The molecule has 2 N–H and O–H groups in total. The maximum atomic E-state index is 12.2. The van der Waals surface area contributed by atoms with Gasteiger partial charge in [0.15, 0.2) is 0 Å². The third-order valence-electron chi connectivity index (χ3n) is 3.42. The van der Waals surface area contributed by atoms with Crippen molar-refractivity contribution in [1.82, 2.24) is 15.3 Å². The van der Waals surface area contributed by atoms with Gasteiger partial charge in [0.05, 0.1) is 28.7 Å². The van der Waals surface area contributed by atoms with Crippen LogP contribution in [0.15, 0.2) is 48.5 Å². The van der Waals surface area contributed by atoms with Crippen LogP contribution in [0.2, 0.25) is 0 Å². The minimum Gasteiger partial charge on any atom is -0.342 e. The second kappa shape index (κ2) is 5.70. The van der Waals surface area contributed by atoms with E-state index < -0.39 is 0 Å². The van der Waals surface area contributed by atoms with Gasteiger partial charge in [0.1, 0.15) is 5.82 Å². The molecule has 3 rings (SSSR count). The summed E-state index contributed by atoms with van der Waals surface area (Å²) in [6, 6.07) is 16.1. The Bertz CT molecular complexity index is 842. The summed E-state index contributed by atoms with van der Waals surface area (Å²) in [5, 5.41) is 11.8. The molecule has 0 spiro atoms. The van der Waals surface area contributed by atoms with Crippen LogP contribution in [0.1, 0.15) is 34.7 Å². The maximum Gasteiger partial charge on any atom is 0.251 e. The van der Waals surface area contributed by atoms with E-state index in [9.17, 15) is 4.79 Å². The van der Waals surface area contributed by atoms with E-state index in [0.29, 0.717) is 17.0 Å². The van der Waals surface area contributed by atoms with Crippen LogP contribution < -0.4 is 5.32 Å². The molecule has 22 heavy (non-hydrogen) atoms. The number of amides is 1. The summed E-state index contributed by atoms with van der Waals surface area (Å²) in [4.78, 5) is 19.9. The fourth-order valence-corrected chi connectivity index (χ4v) is 2.26. The number of aromatic amines is 1. The molecule has 1 atom stereocenters. The molecule has 1 amide bonds. The number of nitrogens with zero attached hydrogens (tertiary/aromatic N) is 2. The van der Waals surface area contributed by atoms with Gasteiger partial charge in [-0.3, -0.25) is 4.79 Å². The smallest absolute Gasteiger partial charge is 0.251 e. The molecule has 0 bridgehead atoms. The van der Waals surface area contributed by atoms with Crippen LogP contribution >= 0.6 is 0 Å². The van der Waals surface area contributed by atoms with Gasteiger partial charge in [-0.25, -0.2) is 4.98 Å². The average molecular weight is 290 g/mol. The number of H-pyrrole nitrogens is 1. The molecule has 3 aromatic rings. The lowest BCUT2D eigenvalue weighted by atomic mass is 10.1. The van der Waals surface area contributed by atoms with E-state index >= 15 is 0 Å². The maximum absolute atomic E-state index is 12.2. The van der Waals surface area contributed by atoms with Gasteiger partial charge < -0.3 is 10.3 Å². The minimum atomic E-state index is -0.259. The molecule has 2 aromatic carbocycles. The summed E-state index contributed by atoms with van der Waals surface area (Å²) < 4.78 is 0. The highest BCUT2D eigenvalue weighted by Crippen LogP contribution is 2.16. The molecule has 0 aliphatic carbocycles. The standard InChI is InChI=1S/C17H14N4O/c1-11(16-20-14-7-2-3-8-15(14)21-16)19-17(22)13-6-4-5-12(9-13)10-18/h2-9,11H,1H3,(H,19,22)(H,20,21). The van der Waals surface area contributed by atoms with Crippen molar-refractivity contribution in [2.24, 2.45) is 0 Å². The van der Waals surface area contributed by atoms with Gasteiger partial charge in [-0.05, 0) is 37.3 Å². The molecule has 0 saturated heterocycles. The van der Waals surface area contributed by atoms with Crippen LogP contribution in [-0.2, 0) is 0 Å².